The van der Waals surface area contributed by atoms with Gasteiger partial charge in [-0.15, -0.1) is 0 Å². The van der Waals surface area contributed by atoms with Crippen LogP contribution in [0, 0.1) is 0 Å². The van der Waals surface area contributed by atoms with Crippen molar-refractivity contribution in [1.82, 2.24) is 9.55 Å². The fraction of sp³-hybridized carbons (Fsp3) is 0.176. The molecule has 0 aliphatic rings. The van der Waals surface area contributed by atoms with Crippen molar-refractivity contribution in [2.75, 3.05) is 6.61 Å². The Hall–Kier alpha value is -1.89. The van der Waals surface area contributed by atoms with Gasteiger partial charge in [-0.05, 0) is 42.5 Å². The van der Waals surface area contributed by atoms with E-state index in [1.54, 1.807) is 36.4 Å². The van der Waals surface area contributed by atoms with Gasteiger partial charge in [0.2, 0.25) is 0 Å². The summed E-state index contributed by atoms with van der Waals surface area (Å²) < 4.78 is 7.67. The standard InChI is InChI=1S/C17H14BrClN2O3/c18-11-1-6-16-15(7-11)17(23)21(10-20-16)8-13(22)9-24-14-4-2-12(19)3-5-14/h1-7,10,13,22H,8-9H2. The molecule has 0 aliphatic heterocycles. The van der Waals surface area contributed by atoms with Crippen molar-refractivity contribution in [3.05, 3.63) is 68.6 Å². The maximum atomic E-state index is 12.5. The quantitative estimate of drug-likeness (QED) is 0.702. The van der Waals surface area contributed by atoms with Crippen molar-refractivity contribution in [2.45, 2.75) is 12.6 Å². The number of aromatic nitrogens is 2. The van der Waals surface area contributed by atoms with E-state index in [0.717, 1.165) is 4.47 Å². The first-order chi connectivity index (χ1) is 11.5. The summed E-state index contributed by atoms with van der Waals surface area (Å²) in [5.74, 6) is 0.603. The summed E-state index contributed by atoms with van der Waals surface area (Å²) >= 11 is 9.15. The Bertz CT molecular complexity index is 912. The largest absolute Gasteiger partial charge is 0.491 e. The summed E-state index contributed by atoms with van der Waals surface area (Å²) in [5.41, 5.74) is 0.415. The molecule has 1 aromatic heterocycles. The first-order valence-electron chi connectivity index (χ1n) is 7.24. The number of benzene rings is 2. The Labute approximate surface area is 151 Å². The zero-order chi connectivity index (χ0) is 17.1. The van der Waals surface area contributed by atoms with E-state index in [0.29, 0.717) is 21.7 Å². The summed E-state index contributed by atoms with van der Waals surface area (Å²) in [6.45, 7) is 0.159. The smallest absolute Gasteiger partial charge is 0.261 e. The minimum absolute atomic E-state index is 0.0601. The highest BCUT2D eigenvalue weighted by Crippen LogP contribution is 2.16. The van der Waals surface area contributed by atoms with Crippen LogP contribution in [0.1, 0.15) is 0 Å². The molecule has 7 heteroatoms. The maximum Gasteiger partial charge on any atom is 0.261 e. The number of hydrogen-bond donors (Lipinski definition) is 1. The predicted octanol–water partition coefficient (Wildman–Crippen LogP) is 3.25. The number of halogens is 2. The normalized spacial score (nSPS) is 12.3. The Morgan fingerprint density at radius 1 is 1.25 bits per heavy atom. The van der Waals surface area contributed by atoms with Crippen LogP contribution in [0.3, 0.4) is 0 Å². The zero-order valence-electron chi connectivity index (χ0n) is 12.5. The second-order valence-electron chi connectivity index (χ2n) is 5.28. The van der Waals surface area contributed by atoms with Crippen molar-refractivity contribution >= 4 is 38.4 Å². The van der Waals surface area contributed by atoms with Gasteiger partial charge in [0.15, 0.2) is 0 Å². The van der Waals surface area contributed by atoms with E-state index in [-0.39, 0.29) is 18.7 Å². The highest BCUT2D eigenvalue weighted by Gasteiger charge is 2.10. The molecule has 0 radical (unpaired) electrons. The van der Waals surface area contributed by atoms with Gasteiger partial charge < -0.3 is 9.84 Å². The van der Waals surface area contributed by atoms with Gasteiger partial charge in [-0.1, -0.05) is 27.5 Å². The number of hydrogen-bond acceptors (Lipinski definition) is 4. The van der Waals surface area contributed by atoms with Crippen LogP contribution in [-0.4, -0.2) is 27.4 Å². The van der Waals surface area contributed by atoms with Crippen molar-refractivity contribution < 1.29 is 9.84 Å². The molecule has 124 valence electrons. The zero-order valence-corrected chi connectivity index (χ0v) is 14.9. The van der Waals surface area contributed by atoms with E-state index in [1.807, 2.05) is 6.07 Å². The summed E-state index contributed by atoms with van der Waals surface area (Å²) in [4.78, 5) is 16.7. The van der Waals surface area contributed by atoms with Gasteiger partial charge >= 0.3 is 0 Å². The lowest BCUT2D eigenvalue weighted by Gasteiger charge is -2.14. The van der Waals surface area contributed by atoms with Crippen molar-refractivity contribution in [3.63, 3.8) is 0 Å². The molecule has 1 N–H and O–H groups in total. The molecule has 1 heterocycles. The molecule has 0 aliphatic carbocycles. The molecule has 1 unspecified atom stereocenters. The molecule has 3 rings (SSSR count). The van der Waals surface area contributed by atoms with Gasteiger partial charge in [-0.2, -0.15) is 0 Å². The molecule has 0 bridgehead atoms. The topological polar surface area (TPSA) is 64.4 Å². The van der Waals surface area contributed by atoms with Crippen LogP contribution in [0.25, 0.3) is 10.9 Å². The molecule has 0 fully saturated rings. The molecule has 0 saturated heterocycles. The average molecular weight is 410 g/mol. The highest BCUT2D eigenvalue weighted by atomic mass is 79.9. The van der Waals surface area contributed by atoms with Crippen LogP contribution in [0.15, 0.2) is 58.1 Å². The van der Waals surface area contributed by atoms with Crippen molar-refractivity contribution in [2.24, 2.45) is 0 Å². The fourth-order valence-corrected chi connectivity index (χ4v) is 2.75. The summed E-state index contributed by atoms with van der Waals surface area (Å²) in [5, 5.41) is 11.2. The van der Waals surface area contributed by atoms with Gasteiger partial charge in [0.1, 0.15) is 18.5 Å². The van der Waals surface area contributed by atoms with Crippen LogP contribution >= 0.6 is 27.5 Å². The summed E-state index contributed by atoms with van der Waals surface area (Å²) in [6, 6.07) is 12.2. The Morgan fingerprint density at radius 3 is 2.75 bits per heavy atom. The number of nitrogens with zero attached hydrogens (tertiary/aromatic N) is 2. The highest BCUT2D eigenvalue weighted by molar-refractivity contribution is 9.10. The second-order valence-corrected chi connectivity index (χ2v) is 6.63. The predicted molar refractivity (Wildman–Crippen MR) is 96.7 cm³/mol. The number of fused-ring (bicyclic) bond motifs is 1. The van der Waals surface area contributed by atoms with Crippen LogP contribution < -0.4 is 10.3 Å². The lowest BCUT2D eigenvalue weighted by atomic mass is 10.2. The van der Waals surface area contributed by atoms with Crippen molar-refractivity contribution in [3.8, 4) is 5.75 Å². The van der Waals surface area contributed by atoms with E-state index in [2.05, 4.69) is 20.9 Å². The van der Waals surface area contributed by atoms with Gasteiger partial charge in [0.25, 0.3) is 5.56 Å². The molecule has 24 heavy (non-hydrogen) atoms. The van der Waals surface area contributed by atoms with Gasteiger partial charge in [-0.25, -0.2) is 4.98 Å². The number of ether oxygens (including phenoxy) is 1. The minimum Gasteiger partial charge on any atom is -0.491 e. The van der Waals surface area contributed by atoms with E-state index in [1.165, 1.54) is 10.9 Å². The molecule has 1 atom stereocenters. The Morgan fingerprint density at radius 2 is 2.00 bits per heavy atom. The fourth-order valence-electron chi connectivity index (χ4n) is 2.26. The molecule has 2 aromatic carbocycles. The number of aliphatic hydroxyl groups excluding tert-OH is 1. The third-order valence-electron chi connectivity index (χ3n) is 3.45. The minimum atomic E-state index is -0.843. The SMILES string of the molecule is O=c1c2cc(Br)ccc2ncn1CC(O)COc1ccc(Cl)cc1. The number of aliphatic hydroxyl groups is 1. The Kier molecular flexibility index (Phi) is 5.18. The molecule has 5 nitrogen and oxygen atoms in total. The lowest BCUT2D eigenvalue weighted by molar-refractivity contribution is 0.0915. The molecule has 0 saturated carbocycles. The third-order valence-corrected chi connectivity index (χ3v) is 4.19. The molecular formula is C17H14BrClN2O3. The van der Waals surface area contributed by atoms with Gasteiger partial charge in [0, 0.05) is 9.50 Å². The van der Waals surface area contributed by atoms with E-state index >= 15 is 0 Å². The molecular weight excluding hydrogens is 396 g/mol. The van der Waals surface area contributed by atoms with Crippen molar-refractivity contribution in [1.29, 1.82) is 0 Å². The van der Waals surface area contributed by atoms with Gasteiger partial charge in [-0.3, -0.25) is 9.36 Å². The van der Waals surface area contributed by atoms with E-state index in [4.69, 9.17) is 16.3 Å². The molecule has 0 amide bonds. The average Bonchev–Trinajstić information content (AvgIpc) is 2.57. The molecule has 0 spiro atoms. The van der Waals surface area contributed by atoms with E-state index in [9.17, 15) is 9.90 Å². The first-order valence-corrected chi connectivity index (χ1v) is 8.41. The van der Waals surface area contributed by atoms with Crippen LogP contribution in [0.2, 0.25) is 5.02 Å². The van der Waals surface area contributed by atoms with Crippen LogP contribution in [-0.2, 0) is 6.54 Å². The van der Waals surface area contributed by atoms with Crippen LogP contribution in [0.4, 0.5) is 0 Å². The monoisotopic (exact) mass is 408 g/mol. The number of rotatable bonds is 5. The lowest BCUT2D eigenvalue weighted by Crippen LogP contribution is -2.30. The second kappa shape index (κ2) is 7.34. The van der Waals surface area contributed by atoms with Gasteiger partial charge in [0.05, 0.1) is 23.8 Å². The summed E-state index contributed by atoms with van der Waals surface area (Å²) in [6.07, 6.45) is 0.592. The third kappa shape index (κ3) is 3.95. The van der Waals surface area contributed by atoms with Crippen LogP contribution in [0.5, 0.6) is 5.75 Å². The first kappa shape index (κ1) is 17.0. The maximum absolute atomic E-state index is 12.5. The Balaban J connectivity index is 1.71. The molecule has 3 aromatic rings. The summed E-state index contributed by atoms with van der Waals surface area (Å²) in [7, 11) is 0. The van der Waals surface area contributed by atoms with E-state index < -0.39 is 6.10 Å².